The fourth-order valence-corrected chi connectivity index (χ4v) is 4.49. The van der Waals surface area contributed by atoms with E-state index in [1.165, 1.54) is 17.0 Å². The van der Waals surface area contributed by atoms with Crippen molar-refractivity contribution in [3.05, 3.63) is 42.2 Å². The Morgan fingerprint density at radius 1 is 1.24 bits per heavy atom. The van der Waals surface area contributed by atoms with Gasteiger partial charge in [-0.15, -0.1) is 12.4 Å². The van der Waals surface area contributed by atoms with Gasteiger partial charge in [0.25, 0.3) is 11.8 Å². The van der Waals surface area contributed by atoms with Gasteiger partial charge in [0.1, 0.15) is 17.7 Å². The lowest BCUT2D eigenvalue weighted by Gasteiger charge is -2.19. The summed E-state index contributed by atoms with van der Waals surface area (Å²) < 4.78 is 6.95. The molecule has 1 saturated carbocycles. The summed E-state index contributed by atoms with van der Waals surface area (Å²) in [5.41, 5.74) is 12.7. The number of imidazole rings is 1. The van der Waals surface area contributed by atoms with Crippen LogP contribution in [0.1, 0.15) is 33.8 Å². The third-order valence-corrected chi connectivity index (χ3v) is 5.93. The van der Waals surface area contributed by atoms with Gasteiger partial charge in [0.2, 0.25) is 0 Å². The standard InChI is InChI=1S/C19H20N6O3.ClH/c20-12-4-3-10-7-24(8-11(10)12)19(27)14-6-13(15-2-1-5-28-15)23-18-16(17(21)26)22-9-25(14)18;/h1-2,5-6,9-12H,3-4,7-8,20H2,(H2,21,26);1H. The highest BCUT2D eigenvalue weighted by molar-refractivity contribution is 5.99. The average molecular weight is 417 g/mol. The maximum atomic E-state index is 13.4. The van der Waals surface area contributed by atoms with E-state index in [0.29, 0.717) is 42.1 Å². The van der Waals surface area contributed by atoms with E-state index in [2.05, 4.69) is 9.97 Å². The summed E-state index contributed by atoms with van der Waals surface area (Å²) in [6.45, 7) is 1.33. The van der Waals surface area contributed by atoms with Crippen LogP contribution in [-0.4, -0.2) is 50.2 Å². The predicted octanol–water partition coefficient (Wildman–Crippen LogP) is 1.32. The minimum atomic E-state index is -0.702. The van der Waals surface area contributed by atoms with Crippen LogP contribution in [0.4, 0.5) is 0 Å². The van der Waals surface area contributed by atoms with Gasteiger partial charge in [-0.1, -0.05) is 0 Å². The minimum absolute atomic E-state index is 0. The summed E-state index contributed by atoms with van der Waals surface area (Å²) in [4.78, 5) is 35.5. The second-order valence-electron chi connectivity index (χ2n) is 7.53. The number of nitrogens with zero attached hydrogens (tertiary/aromatic N) is 4. The van der Waals surface area contributed by atoms with Crippen LogP contribution in [0.25, 0.3) is 17.1 Å². The van der Waals surface area contributed by atoms with Gasteiger partial charge >= 0.3 is 0 Å². The first-order valence-corrected chi connectivity index (χ1v) is 9.29. The number of halogens is 1. The quantitative estimate of drug-likeness (QED) is 0.661. The highest BCUT2D eigenvalue weighted by atomic mass is 35.5. The van der Waals surface area contributed by atoms with Gasteiger partial charge in [-0.3, -0.25) is 14.0 Å². The Morgan fingerprint density at radius 2 is 2.07 bits per heavy atom. The molecule has 10 heteroatoms. The van der Waals surface area contributed by atoms with Crippen LogP contribution in [0.2, 0.25) is 0 Å². The molecule has 4 N–H and O–H groups in total. The van der Waals surface area contributed by atoms with E-state index in [-0.39, 0.29) is 35.7 Å². The fourth-order valence-electron chi connectivity index (χ4n) is 4.49. The second kappa shape index (κ2) is 7.16. The molecule has 29 heavy (non-hydrogen) atoms. The van der Waals surface area contributed by atoms with Gasteiger partial charge in [-0.25, -0.2) is 9.97 Å². The second-order valence-corrected chi connectivity index (χ2v) is 7.53. The van der Waals surface area contributed by atoms with E-state index < -0.39 is 5.91 Å². The molecule has 152 valence electrons. The number of nitrogens with two attached hydrogens (primary N) is 2. The van der Waals surface area contributed by atoms with Crippen molar-refractivity contribution in [2.24, 2.45) is 23.3 Å². The van der Waals surface area contributed by atoms with Gasteiger partial charge < -0.3 is 20.8 Å². The third-order valence-electron chi connectivity index (χ3n) is 5.93. The number of likely N-dealkylation sites (tertiary alicyclic amines) is 1. The number of amides is 2. The monoisotopic (exact) mass is 416 g/mol. The molecule has 5 rings (SSSR count). The molecule has 2 fully saturated rings. The van der Waals surface area contributed by atoms with Gasteiger partial charge in [0.05, 0.1) is 6.26 Å². The van der Waals surface area contributed by atoms with Crippen LogP contribution in [0.5, 0.6) is 0 Å². The van der Waals surface area contributed by atoms with Crippen molar-refractivity contribution in [2.45, 2.75) is 18.9 Å². The number of hydrogen-bond donors (Lipinski definition) is 2. The maximum absolute atomic E-state index is 13.4. The maximum Gasteiger partial charge on any atom is 0.271 e. The number of aromatic nitrogens is 3. The lowest BCUT2D eigenvalue weighted by molar-refractivity contribution is 0.0771. The Bertz CT molecular complexity index is 1080. The van der Waals surface area contributed by atoms with Crippen molar-refractivity contribution in [2.75, 3.05) is 13.1 Å². The van der Waals surface area contributed by atoms with E-state index in [1.54, 1.807) is 18.2 Å². The Labute approximate surface area is 172 Å². The van der Waals surface area contributed by atoms with Gasteiger partial charge in [0, 0.05) is 19.1 Å². The van der Waals surface area contributed by atoms with Gasteiger partial charge in [0.15, 0.2) is 17.1 Å². The van der Waals surface area contributed by atoms with Crippen LogP contribution in [-0.2, 0) is 0 Å². The smallest absolute Gasteiger partial charge is 0.271 e. The van der Waals surface area contributed by atoms with Gasteiger partial charge in [-0.2, -0.15) is 0 Å². The third kappa shape index (κ3) is 3.06. The first kappa shape index (κ1) is 19.4. The van der Waals surface area contributed by atoms with E-state index in [4.69, 9.17) is 15.9 Å². The largest absolute Gasteiger partial charge is 0.463 e. The molecule has 1 aliphatic carbocycles. The Morgan fingerprint density at radius 3 is 2.76 bits per heavy atom. The molecule has 0 bridgehead atoms. The van der Waals surface area contributed by atoms with Crippen molar-refractivity contribution in [1.29, 1.82) is 0 Å². The Kier molecular flexibility index (Phi) is 4.79. The molecule has 3 aromatic heterocycles. The zero-order valence-corrected chi connectivity index (χ0v) is 16.3. The molecule has 9 nitrogen and oxygen atoms in total. The lowest BCUT2D eigenvalue weighted by atomic mass is 9.98. The Hall–Kier alpha value is -2.91. The molecule has 1 aliphatic heterocycles. The molecule has 3 unspecified atom stereocenters. The lowest BCUT2D eigenvalue weighted by Crippen LogP contribution is -2.34. The SMILES string of the molecule is Cl.NC(=O)c1ncn2c(C(=O)N3CC4CCC(N)C4C3)cc(-c3ccco3)nc12. The van der Waals surface area contributed by atoms with E-state index in [1.807, 2.05) is 4.90 Å². The molecule has 0 spiro atoms. The molecular formula is C19H21ClN6O3. The zero-order chi connectivity index (χ0) is 19.4. The summed E-state index contributed by atoms with van der Waals surface area (Å²) in [6, 6.07) is 5.28. The molecule has 0 aromatic carbocycles. The highest BCUT2D eigenvalue weighted by Gasteiger charge is 2.43. The van der Waals surface area contributed by atoms with Crippen molar-refractivity contribution in [3.8, 4) is 11.5 Å². The van der Waals surface area contributed by atoms with E-state index in [9.17, 15) is 9.59 Å². The minimum Gasteiger partial charge on any atom is -0.463 e. The van der Waals surface area contributed by atoms with Gasteiger partial charge in [-0.05, 0) is 42.9 Å². The highest BCUT2D eigenvalue weighted by Crippen LogP contribution is 2.37. The number of hydrogen-bond acceptors (Lipinski definition) is 6. The molecule has 0 radical (unpaired) electrons. The molecule has 2 aliphatic rings. The predicted molar refractivity (Wildman–Crippen MR) is 107 cm³/mol. The molecular weight excluding hydrogens is 396 g/mol. The fraction of sp³-hybridized carbons (Fsp3) is 0.368. The number of primary amides is 1. The molecule has 3 aromatic rings. The van der Waals surface area contributed by atoms with Crippen molar-refractivity contribution in [1.82, 2.24) is 19.3 Å². The van der Waals surface area contributed by atoms with Crippen molar-refractivity contribution < 1.29 is 14.0 Å². The van der Waals surface area contributed by atoms with Crippen molar-refractivity contribution in [3.63, 3.8) is 0 Å². The van der Waals surface area contributed by atoms with Crippen molar-refractivity contribution >= 4 is 29.9 Å². The summed E-state index contributed by atoms with van der Waals surface area (Å²) in [5.74, 6) is 0.440. The topological polar surface area (TPSA) is 133 Å². The summed E-state index contributed by atoms with van der Waals surface area (Å²) in [6.07, 6.45) is 5.00. The number of furan rings is 1. The molecule has 3 atom stereocenters. The van der Waals surface area contributed by atoms with Crippen LogP contribution < -0.4 is 11.5 Å². The average Bonchev–Trinajstić information content (AvgIpc) is 3.45. The Balaban J connectivity index is 0.00000205. The number of carbonyl (C=O) groups is 2. The first-order valence-electron chi connectivity index (χ1n) is 9.29. The van der Waals surface area contributed by atoms with Crippen LogP contribution in [0.3, 0.4) is 0 Å². The number of rotatable bonds is 3. The summed E-state index contributed by atoms with van der Waals surface area (Å²) >= 11 is 0. The van der Waals surface area contributed by atoms with E-state index >= 15 is 0 Å². The molecule has 1 saturated heterocycles. The number of fused-ring (bicyclic) bond motifs is 2. The molecule has 4 heterocycles. The zero-order valence-electron chi connectivity index (χ0n) is 15.5. The summed E-state index contributed by atoms with van der Waals surface area (Å²) in [5, 5.41) is 0. The summed E-state index contributed by atoms with van der Waals surface area (Å²) in [7, 11) is 0. The molecule has 2 amide bonds. The van der Waals surface area contributed by atoms with E-state index in [0.717, 1.165) is 12.8 Å². The van der Waals surface area contributed by atoms with Crippen LogP contribution in [0, 0.1) is 11.8 Å². The first-order chi connectivity index (χ1) is 13.5. The van der Waals surface area contributed by atoms with Crippen LogP contribution in [0.15, 0.2) is 35.2 Å². The van der Waals surface area contributed by atoms with Crippen LogP contribution >= 0.6 is 12.4 Å². The normalized spacial score (nSPS) is 23.2. The number of carbonyl (C=O) groups excluding carboxylic acids is 2.